The van der Waals surface area contributed by atoms with Gasteiger partial charge in [0.1, 0.15) is 5.84 Å². The van der Waals surface area contributed by atoms with Gasteiger partial charge in [0.15, 0.2) is 0 Å². The summed E-state index contributed by atoms with van der Waals surface area (Å²) in [7, 11) is 0. The van der Waals surface area contributed by atoms with E-state index in [0.717, 1.165) is 17.6 Å². The maximum atomic E-state index is 10.9. The van der Waals surface area contributed by atoms with Crippen molar-refractivity contribution in [2.45, 2.75) is 34.1 Å². The minimum atomic E-state index is -0.509. The number of nitrogens with two attached hydrogens (primary N) is 1. The summed E-state index contributed by atoms with van der Waals surface area (Å²) < 4.78 is 0. The number of hydrazine groups is 1. The lowest BCUT2D eigenvalue weighted by Gasteiger charge is -2.16. The molecule has 0 aromatic heterocycles. The van der Waals surface area contributed by atoms with Crippen molar-refractivity contribution >= 4 is 28.8 Å². The van der Waals surface area contributed by atoms with Gasteiger partial charge in [-0.2, -0.15) is 0 Å². The minimum Gasteiger partial charge on any atom is -0.382 e. The van der Waals surface area contributed by atoms with Gasteiger partial charge in [-0.25, -0.2) is 4.99 Å². The SMILES string of the molecule is C=C/C=C(\C=C/C(C)CC)C(=C)/N=C(/N)C(NNc1ccc([N+](=O)[O-])cc1Cl)=C(C)C. The average Bonchev–Trinajstić information content (AvgIpc) is 2.71. The first-order valence-corrected chi connectivity index (χ1v) is 10.2. The number of non-ortho nitro benzene ring substituents is 1. The molecule has 166 valence electrons. The number of nitrogens with one attached hydrogen (secondary N) is 2. The highest BCUT2D eigenvalue weighted by Gasteiger charge is 2.11. The van der Waals surface area contributed by atoms with Crippen molar-refractivity contribution in [3.05, 3.63) is 93.3 Å². The molecule has 0 radical (unpaired) electrons. The smallest absolute Gasteiger partial charge is 0.271 e. The second-order valence-corrected chi connectivity index (χ2v) is 7.50. The lowest BCUT2D eigenvalue weighted by atomic mass is 10.1. The molecule has 0 bridgehead atoms. The second-order valence-electron chi connectivity index (χ2n) is 7.09. The Balaban J connectivity index is 3.06. The number of halogens is 1. The summed E-state index contributed by atoms with van der Waals surface area (Å²) in [6.45, 7) is 15.8. The van der Waals surface area contributed by atoms with Crippen molar-refractivity contribution in [3.63, 3.8) is 0 Å². The van der Waals surface area contributed by atoms with Gasteiger partial charge in [-0.05, 0) is 37.0 Å². The molecule has 0 amide bonds. The number of rotatable bonds is 11. The molecule has 0 aliphatic carbocycles. The highest BCUT2D eigenvalue weighted by atomic mass is 35.5. The molecule has 4 N–H and O–H groups in total. The van der Waals surface area contributed by atoms with Crippen molar-refractivity contribution in [2.75, 3.05) is 5.43 Å². The molecule has 0 heterocycles. The van der Waals surface area contributed by atoms with E-state index >= 15 is 0 Å². The van der Waals surface area contributed by atoms with Crippen LogP contribution in [0.5, 0.6) is 0 Å². The molecule has 0 fully saturated rings. The molecule has 0 aliphatic heterocycles. The van der Waals surface area contributed by atoms with E-state index in [1.807, 2.05) is 26.0 Å². The van der Waals surface area contributed by atoms with E-state index in [-0.39, 0.29) is 16.5 Å². The van der Waals surface area contributed by atoms with Gasteiger partial charge in [0.2, 0.25) is 0 Å². The quantitative estimate of drug-likeness (QED) is 0.127. The number of anilines is 1. The molecule has 0 saturated carbocycles. The van der Waals surface area contributed by atoms with Gasteiger partial charge >= 0.3 is 0 Å². The Bertz CT molecular complexity index is 957. The molecule has 0 saturated heterocycles. The molecule has 7 nitrogen and oxygen atoms in total. The Morgan fingerprint density at radius 1 is 1.42 bits per heavy atom. The summed E-state index contributed by atoms with van der Waals surface area (Å²) in [5, 5.41) is 11.1. The average molecular weight is 444 g/mol. The first-order valence-electron chi connectivity index (χ1n) is 9.78. The summed E-state index contributed by atoms with van der Waals surface area (Å²) in [6, 6.07) is 4.13. The highest BCUT2D eigenvalue weighted by Crippen LogP contribution is 2.26. The fourth-order valence-corrected chi connectivity index (χ4v) is 2.56. The van der Waals surface area contributed by atoms with Crippen LogP contribution >= 0.6 is 11.6 Å². The van der Waals surface area contributed by atoms with Crippen LogP contribution in [0.2, 0.25) is 5.02 Å². The van der Waals surface area contributed by atoms with Crippen molar-refractivity contribution < 1.29 is 4.92 Å². The van der Waals surface area contributed by atoms with Crippen LogP contribution < -0.4 is 16.6 Å². The van der Waals surface area contributed by atoms with Gasteiger partial charge in [-0.1, -0.05) is 69.3 Å². The molecule has 31 heavy (non-hydrogen) atoms. The normalized spacial score (nSPS) is 12.9. The Morgan fingerprint density at radius 2 is 2.10 bits per heavy atom. The molecular formula is C23H30ClN5O2. The molecule has 1 atom stereocenters. The van der Waals surface area contributed by atoms with Crippen LogP contribution in [0, 0.1) is 16.0 Å². The third-order valence-corrected chi connectivity index (χ3v) is 4.69. The zero-order chi connectivity index (χ0) is 23.6. The topological polar surface area (TPSA) is 106 Å². The first-order chi connectivity index (χ1) is 14.6. The van der Waals surface area contributed by atoms with Crippen molar-refractivity contribution in [3.8, 4) is 0 Å². The standard InChI is InChI=1S/C23H30ClN5O2/c1-7-9-18(11-10-16(5)8-2)17(6)26-23(25)22(15(3)4)28-27-21-13-12-19(29(30)31)14-20(21)24/h7,9-14,16,27-28H,1,6,8H2,2-5H3,(H2,25,26)/b11-10-,18-9+. The van der Waals surface area contributed by atoms with Crippen LogP contribution in [0.3, 0.4) is 0 Å². The molecule has 8 heteroatoms. The number of benzene rings is 1. The molecule has 0 spiro atoms. The fourth-order valence-electron chi connectivity index (χ4n) is 2.34. The predicted octanol–water partition coefficient (Wildman–Crippen LogP) is 6.04. The zero-order valence-corrected chi connectivity index (χ0v) is 19.2. The number of nitro benzene ring substituents is 1. The Hall–Kier alpha value is -3.32. The van der Waals surface area contributed by atoms with Crippen LogP contribution in [0.4, 0.5) is 11.4 Å². The van der Waals surface area contributed by atoms with Crippen LogP contribution in [-0.2, 0) is 0 Å². The van der Waals surface area contributed by atoms with Gasteiger partial charge in [0, 0.05) is 12.1 Å². The number of hydrogen-bond acceptors (Lipinski definition) is 5. The van der Waals surface area contributed by atoms with E-state index in [0.29, 0.717) is 23.0 Å². The third-order valence-electron chi connectivity index (χ3n) is 4.38. The monoisotopic (exact) mass is 443 g/mol. The summed E-state index contributed by atoms with van der Waals surface area (Å²) in [5.74, 6) is 0.649. The number of hydrogen-bond donors (Lipinski definition) is 3. The highest BCUT2D eigenvalue weighted by molar-refractivity contribution is 6.33. The van der Waals surface area contributed by atoms with Gasteiger partial charge < -0.3 is 5.73 Å². The van der Waals surface area contributed by atoms with Gasteiger partial charge in [-0.3, -0.25) is 21.0 Å². The lowest BCUT2D eigenvalue weighted by molar-refractivity contribution is -0.384. The van der Waals surface area contributed by atoms with Gasteiger partial charge in [0.25, 0.3) is 5.69 Å². The van der Waals surface area contributed by atoms with Crippen LogP contribution in [-0.4, -0.2) is 10.8 Å². The van der Waals surface area contributed by atoms with E-state index < -0.39 is 4.92 Å². The summed E-state index contributed by atoms with van der Waals surface area (Å²) >= 11 is 6.13. The minimum absolute atomic E-state index is 0.0951. The number of allylic oxidation sites excluding steroid dienone is 5. The summed E-state index contributed by atoms with van der Waals surface area (Å²) in [4.78, 5) is 14.8. The van der Waals surface area contributed by atoms with E-state index in [1.165, 1.54) is 18.2 Å². The summed E-state index contributed by atoms with van der Waals surface area (Å²) in [6.07, 6.45) is 8.57. The maximum absolute atomic E-state index is 10.9. The van der Waals surface area contributed by atoms with E-state index in [4.69, 9.17) is 17.3 Å². The van der Waals surface area contributed by atoms with Crippen LogP contribution in [0.15, 0.2) is 83.2 Å². The van der Waals surface area contributed by atoms with Gasteiger partial charge in [-0.15, -0.1) is 0 Å². The van der Waals surface area contributed by atoms with Crippen molar-refractivity contribution in [2.24, 2.45) is 16.6 Å². The molecule has 1 aromatic carbocycles. The lowest BCUT2D eigenvalue weighted by Crippen LogP contribution is -2.32. The zero-order valence-electron chi connectivity index (χ0n) is 18.4. The molecule has 1 unspecified atom stereocenters. The largest absolute Gasteiger partial charge is 0.382 e. The van der Waals surface area contributed by atoms with Crippen molar-refractivity contribution in [1.82, 2.24) is 5.43 Å². The predicted molar refractivity (Wildman–Crippen MR) is 131 cm³/mol. The van der Waals surface area contributed by atoms with Crippen LogP contribution in [0.25, 0.3) is 0 Å². The summed E-state index contributed by atoms with van der Waals surface area (Å²) in [5.41, 5.74) is 15.2. The second kappa shape index (κ2) is 12.4. The van der Waals surface area contributed by atoms with E-state index in [2.05, 4.69) is 48.9 Å². The Labute approximate surface area is 188 Å². The fraction of sp³-hybridized carbons (Fsp3) is 0.261. The Morgan fingerprint density at radius 3 is 2.61 bits per heavy atom. The van der Waals surface area contributed by atoms with E-state index in [1.54, 1.807) is 6.08 Å². The number of nitro groups is 1. The Kier molecular flexibility index (Phi) is 10.3. The first kappa shape index (κ1) is 25.7. The van der Waals surface area contributed by atoms with Gasteiger partial charge in [0.05, 0.1) is 27.0 Å². The van der Waals surface area contributed by atoms with Crippen LogP contribution in [0.1, 0.15) is 34.1 Å². The maximum Gasteiger partial charge on any atom is 0.271 e. The molecule has 0 aliphatic rings. The molecular weight excluding hydrogens is 414 g/mol. The van der Waals surface area contributed by atoms with Crippen molar-refractivity contribution in [1.29, 1.82) is 0 Å². The number of aliphatic imine (C=N–C) groups is 1. The number of nitrogens with zero attached hydrogens (tertiary/aromatic N) is 2. The number of amidine groups is 1. The molecule has 1 aromatic rings. The van der Waals surface area contributed by atoms with E-state index in [9.17, 15) is 10.1 Å². The third kappa shape index (κ3) is 8.14. The molecule has 1 rings (SSSR count).